The number of carbonyl (C=O) groups is 1. The highest BCUT2D eigenvalue weighted by atomic mass is 16.1. The van der Waals surface area contributed by atoms with Crippen LogP contribution in [0, 0.1) is 0 Å². The molecule has 0 aliphatic heterocycles. The predicted octanol–water partition coefficient (Wildman–Crippen LogP) is 3.21. The number of hydrogen-bond donors (Lipinski definition) is 2. The molecule has 0 spiro atoms. The van der Waals surface area contributed by atoms with Crippen molar-refractivity contribution in [3.63, 3.8) is 0 Å². The van der Waals surface area contributed by atoms with Gasteiger partial charge in [-0.2, -0.15) is 0 Å². The maximum Gasteiger partial charge on any atom is 0.253 e. The molecule has 0 fully saturated rings. The summed E-state index contributed by atoms with van der Waals surface area (Å²) in [6, 6.07) is 17.3. The molecule has 2 aromatic carbocycles. The van der Waals surface area contributed by atoms with Gasteiger partial charge in [0.2, 0.25) is 0 Å². The summed E-state index contributed by atoms with van der Waals surface area (Å²) in [5, 5.41) is 6.09. The lowest BCUT2D eigenvalue weighted by Crippen LogP contribution is -2.23. The number of nitrogens with one attached hydrogen (secondary N) is 2. The average molecular weight is 266 g/mol. The van der Waals surface area contributed by atoms with Crippen molar-refractivity contribution >= 4 is 11.6 Å². The number of rotatable bonds is 6. The Kier molecular flexibility index (Phi) is 4.95. The zero-order chi connectivity index (χ0) is 14.2. The van der Waals surface area contributed by atoms with Gasteiger partial charge >= 0.3 is 0 Å². The molecule has 0 atom stereocenters. The van der Waals surface area contributed by atoms with Gasteiger partial charge in [-0.25, -0.2) is 0 Å². The second-order valence-electron chi connectivity index (χ2n) is 4.38. The highest BCUT2D eigenvalue weighted by molar-refractivity contribution is 5.99. The van der Waals surface area contributed by atoms with Gasteiger partial charge < -0.3 is 10.6 Å². The van der Waals surface area contributed by atoms with Crippen LogP contribution in [0.25, 0.3) is 0 Å². The minimum atomic E-state index is -0.0824. The third-order valence-electron chi connectivity index (χ3n) is 2.90. The largest absolute Gasteiger partial charge is 0.381 e. The monoisotopic (exact) mass is 266 g/mol. The van der Waals surface area contributed by atoms with Gasteiger partial charge in [0.1, 0.15) is 0 Å². The van der Waals surface area contributed by atoms with E-state index in [0.29, 0.717) is 18.7 Å². The maximum absolute atomic E-state index is 12.2. The van der Waals surface area contributed by atoms with Crippen molar-refractivity contribution < 1.29 is 4.79 Å². The van der Waals surface area contributed by atoms with Crippen molar-refractivity contribution in [3.8, 4) is 0 Å². The van der Waals surface area contributed by atoms with E-state index >= 15 is 0 Å². The molecule has 0 aliphatic carbocycles. The first-order valence-corrected chi connectivity index (χ1v) is 6.57. The quantitative estimate of drug-likeness (QED) is 0.788. The zero-order valence-corrected chi connectivity index (χ0v) is 11.3. The lowest BCUT2D eigenvalue weighted by Gasteiger charge is -2.11. The van der Waals surface area contributed by atoms with E-state index in [1.54, 1.807) is 6.08 Å². The van der Waals surface area contributed by atoms with E-state index in [2.05, 4.69) is 17.2 Å². The zero-order valence-electron chi connectivity index (χ0n) is 11.3. The molecule has 102 valence electrons. The van der Waals surface area contributed by atoms with Gasteiger partial charge in [-0.1, -0.05) is 48.5 Å². The summed E-state index contributed by atoms with van der Waals surface area (Å²) in [5.74, 6) is -0.0824. The summed E-state index contributed by atoms with van der Waals surface area (Å²) >= 11 is 0. The average Bonchev–Trinajstić information content (AvgIpc) is 2.52. The first kappa shape index (κ1) is 13.9. The Morgan fingerprint density at radius 1 is 1.05 bits per heavy atom. The van der Waals surface area contributed by atoms with Gasteiger partial charge in [0.25, 0.3) is 5.91 Å². The summed E-state index contributed by atoms with van der Waals surface area (Å²) in [5.41, 5.74) is 2.54. The Labute approximate surface area is 119 Å². The molecule has 0 radical (unpaired) electrons. The van der Waals surface area contributed by atoms with Crippen molar-refractivity contribution in [2.24, 2.45) is 0 Å². The molecule has 0 aliphatic rings. The van der Waals surface area contributed by atoms with Crippen LogP contribution in [0.15, 0.2) is 67.3 Å². The van der Waals surface area contributed by atoms with Gasteiger partial charge in [-0.05, 0) is 17.7 Å². The molecule has 0 bridgehead atoms. The highest BCUT2D eigenvalue weighted by Crippen LogP contribution is 2.14. The molecule has 3 nitrogen and oxygen atoms in total. The van der Waals surface area contributed by atoms with E-state index in [-0.39, 0.29) is 5.91 Å². The number of hydrogen-bond acceptors (Lipinski definition) is 2. The van der Waals surface area contributed by atoms with Crippen molar-refractivity contribution in [1.82, 2.24) is 5.32 Å². The van der Waals surface area contributed by atoms with E-state index < -0.39 is 0 Å². The van der Waals surface area contributed by atoms with E-state index in [1.807, 2.05) is 54.6 Å². The summed E-state index contributed by atoms with van der Waals surface area (Å²) < 4.78 is 0. The third kappa shape index (κ3) is 3.72. The summed E-state index contributed by atoms with van der Waals surface area (Å²) in [6.45, 7) is 4.81. The topological polar surface area (TPSA) is 41.1 Å². The summed E-state index contributed by atoms with van der Waals surface area (Å²) in [4.78, 5) is 12.2. The van der Waals surface area contributed by atoms with Crippen LogP contribution < -0.4 is 10.6 Å². The minimum absolute atomic E-state index is 0.0824. The predicted molar refractivity (Wildman–Crippen MR) is 82.7 cm³/mol. The Morgan fingerprint density at radius 3 is 2.50 bits per heavy atom. The molecule has 1 amide bonds. The van der Waals surface area contributed by atoms with Crippen molar-refractivity contribution in [3.05, 3.63) is 78.4 Å². The van der Waals surface area contributed by atoms with Crippen LogP contribution in [0.2, 0.25) is 0 Å². The first-order chi connectivity index (χ1) is 9.81. The third-order valence-corrected chi connectivity index (χ3v) is 2.90. The van der Waals surface area contributed by atoms with Gasteiger partial charge in [0.15, 0.2) is 0 Å². The number of carbonyl (C=O) groups excluding carboxylic acids is 1. The molecule has 0 saturated heterocycles. The molecule has 2 rings (SSSR count). The van der Waals surface area contributed by atoms with E-state index in [9.17, 15) is 4.79 Å². The molecule has 2 N–H and O–H groups in total. The van der Waals surface area contributed by atoms with E-state index in [0.717, 1.165) is 11.3 Å². The minimum Gasteiger partial charge on any atom is -0.381 e. The molecule has 0 saturated carbocycles. The highest BCUT2D eigenvalue weighted by Gasteiger charge is 2.09. The molecule has 20 heavy (non-hydrogen) atoms. The summed E-state index contributed by atoms with van der Waals surface area (Å²) in [6.07, 6.45) is 1.76. The van der Waals surface area contributed by atoms with Crippen LogP contribution in [0.1, 0.15) is 15.9 Å². The van der Waals surface area contributed by atoms with Crippen LogP contribution in [0.5, 0.6) is 0 Å². The Balaban J connectivity index is 2.03. The van der Waals surface area contributed by atoms with Crippen molar-refractivity contribution in [1.29, 1.82) is 0 Å². The molecule has 2 aromatic rings. The second kappa shape index (κ2) is 7.14. The second-order valence-corrected chi connectivity index (χ2v) is 4.38. The van der Waals surface area contributed by atoms with E-state index in [1.165, 1.54) is 0 Å². The van der Waals surface area contributed by atoms with Crippen molar-refractivity contribution in [2.45, 2.75) is 6.54 Å². The number of para-hydroxylation sites is 1. The van der Waals surface area contributed by atoms with Gasteiger partial charge in [0, 0.05) is 18.8 Å². The summed E-state index contributed by atoms with van der Waals surface area (Å²) in [7, 11) is 0. The SMILES string of the molecule is C=CCNc1ccccc1C(=O)NCc1ccccc1. The smallest absolute Gasteiger partial charge is 0.253 e. The molecule has 0 aromatic heterocycles. The van der Waals surface area contributed by atoms with Crippen LogP contribution in [-0.4, -0.2) is 12.5 Å². The molecule has 0 unspecified atom stereocenters. The standard InChI is InChI=1S/C17H18N2O/c1-2-12-18-16-11-7-6-10-15(16)17(20)19-13-14-8-4-3-5-9-14/h2-11,18H,1,12-13H2,(H,19,20). The van der Waals surface area contributed by atoms with Crippen molar-refractivity contribution in [2.75, 3.05) is 11.9 Å². The fraction of sp³-hybridized carbons (Fsp3) is 0.118. The normalized spacial score (nSPS) is 9.80. The van der Waals surface area contributed by atoms with E-state index in [4.69, 9.17) is 0 Å². The lowest BCUT2D eigenvalue weighted by atomic mass is 10.1. The Hall–Kier alpha value is -2.55. The van der Waals surface area contributed by atoms with Crippen LogP contribution in [0.3, 0.4) is 0 Å². The number of amides is 1. The fourth-order valence-corrected chi connectivity index (χ4v) is 1.89. The van der Waals surface area contributed by atoms with Crippen LogP contribution in [0.4, 0.5) is 5.69 Å². The van der Waals surface area contributed by atoms with Crippen LogP contribution >= 0.6 is 0 Å². The van der Waals surface area contributed by atoms with Gasteiger partial charge in [-0.15, -0.1) is 6.58 Å². The molecular weight excluding hydrogens is 248 g/mol. The van der Waals surface area contributed by atoms with Gasteiger partial charge in [-0.3, -0.25) is 4.79 Å². The van der Waals surface area contributed by atoms with Crippen LogP contribution in [-0.2, 0) is 6.54 Å². The molecule has 3 heteroatoms. The number of benzene rings is 2. The number of anilines is 1. The van der Waals surface area contributed by atoms with Gasteiger partial charge in [0.05, 0.1) is 5.56 Å². The Bertz CT molecular complexity index is 579. The maximum atomic E-state index is 12.2. The lowest BCUT2D eigenvalue weighted by molar-refractivity contribution is 0.0951. The Morgan fingerprint density at radius 2 is 1.75 bits per heavy atom. The molecule has 0 heterocycles. The molecular formula is C17H18N2O. The fourth-order valence-electron chi connectivity index (χ4n) is 1.89. The first-order valence-electron chi connectivity index (χ1n) is 6.57.